The van der Waals surface area contributed by atoms with Gasteiger partial charge in [-0.25, -0.2) is 9.97 Å². The molecule has 0 unspecified atom stereocenters. The maximum absolute atomic E-state index is 11.3. The number of rotatable bonds is 4. The Bertz CT molecular complexity index is 700. The van der Waals surface area contributed by atoms with E-state index in [-0.39, 0.29) is 5.91 Å². The van der Waals surface area contributed by atoms with E-state index in [1.165, 1.54) is 0 Å². The first-order chi connectivity index (χ1) is 11.1. The van der Waals surface area contributed by atoms with Crippen LogP contribution in [0.25, 0.3) is 10.9 Å². The van der Waals surface area contributed by atoms with Crippen molar-refractivity contribution in [3.8, 4) is 0 Å². The van der Waals surface area contributed by atoms with Gasteiger partial charge in [0.05, 0.1) is 5.52 Å². The van der Waals surface area contributed by atoms with Crippen molar-refractivity contribution >= 4 is 34.2 Å². The summed E-state index contributed by atoms with van der Waals surface area (Å²) in [5.74, 6) is 0.989. The first-order valence-corrected chi connectivity index (χ1v) is 8.13. The van der Waals surface area contributed by atoms with Gasteiger partial charge in [0.15, 0.2) is 0 Å². The van der Waals surface area contributed by atoms with Crippen molar-refractivity contribution in [2.24, 2.45) is 0 Å². The summed E-state index contributed by atoms with van der Waals surface area (Å²) >= 11 is 6.00. The minimum atomic E-state index is 0.161. The smallest absolute Gasteiger partial charge is 0.219 e. The van der Waals surface area contributed by atoms with Crippen LogP contribution >= 0.6 is 11.6 Å². The van der Waals surface area contributed by atoms with Gasteiger partial charge < -0.3 is 10.2 Å². The SMILES string of the molecule is CC(=O)N1CCN(CCNc2ncnc3cc(Cl)ccc23)CC1. The molecule has 1 aliphatic heterocycles. The molecule has 7 heteroatoms. The molecule has 1 amide bonds. The van der Waals surface area contributed by atoms with E-state index in [2.05, 4.69) is 20.2 Å². The van der Waals surface area contributed by atoms with Gasteiger partial charge in [-0.3, -0.25) is 9.69 Å². The standard InChI is InChI=1S/C16H20ClN5O/c1-12(23)22-8-6-21(7-9-22)5-4-18-16-14-3-2-13(17)10-15(14)19-11-20-16/h2-3,10-11H,4-9H2,1H3,(H,18,19,20). The average Bonchev–Trinajstić information content (AvgIpc) is 2.55. The number of hydrogen-bond acceptors (Lipinski definition) is 5. The lowest BCUT2D eigenvalue weighted by Crippen LogP contribution is -2.49. The molecule has 1 N–H and O–H groups in total. The predicted molar refractivity (Wildman–Crippen MR) is 91.7 cm³/mol. The third-order valence-electron chi connectivity index (χ3n) is 4.14. The lowest BCUT2D eigenvalue weighted by Gasteiger charge is -2.34. The molecule has 1 aromatic heterocycles. The largest absolute Gasteiger partial charge is 0.368 e. The van der Waals surface area contributed by atoms with Crippen molar-refractivity contribution in [3.63, 3.8) is 0 Å². The molecule has 122 valence electrons. The molecule has 2 aromatic rings. The number of piperazine rings is 1. The van der Waals surface area contributed by atoms with Gasteiger partial charge in [-0.15, -0.1) is 0 Å². The number of carbonyl (C=O) groups is 1. The van der Waals surface area contributed by atoms with E-state index in [1.807, 2.05) is 23.1 Å². The molecule has 0 spiro atoms. The Morgan fingerprint density at radius 2 is 2.04 bits per heavy atom. The highest BCUT2D eigenvalue weighted by molar-refractivity contribution is 6.31. The highest BCUT2D eigenvalue weighted by Crippen LogP contribution is 2.22. The summed E-state index contributed by atoms with van der Waals surface area (Å²) in [5, 5.41) is 5.01. The zero-order chi connectivity index (χ0) is 16.2. The fraction of sp³-hybridized carbons (Fsp3) is 0.438. The quantitative estimate of drug-likeness (QED) is 0.925. The molecule has 0 radical (unpaired) electrons. The monoisotopic (exact) mass is 333 g/mol. The lowest BCUT2D eigenvalue weighted by molar-refractivity contribution is -0.130. The Kier molecular flexibility index (Phi) is 4.93. The van der Waals surface area contributed by atoms with Gasteiger partial charge >= 0.3 is 0 Å². The molecule has 1 fully saturated rings. The van der Waals surface area contributed by atoms with Crippen LogP contribution in [-0.2, 0) is 4.79 Å². The third kappa shape index (κ3) is 3.89. The molecule has 0 atom stereocenters. The predicted octanol–water partition coefficient (Wildman–Crippen LogP) is 1.86. The average molecular weight is 334 g/mol. The van der Waals surface area contributed by atoms with Crippen molar-refractivity contribution in [1.82, 2.24) is 19.8 Å². The topological polar surface area (TPSA) is 61.4 Å². The van der Waals surface area contributed by atoms with Crippen LogP contribution in [0.1, 0.15) is 6.92 Å². The number of nitrogens with one attached hydrogen (secondary N) is 1. The number of benzene rings is 1. The van der Waals surface area contributed by atoms with E-state index >= 15 is 0 Å². The number of anilines is 1. The van der Waals surface area contributed by atoms with Gasteiger partial charge in [0.2, 0.25) is 5.91 Å². The van der Waals surface area contributed by atoms with Gasteiger partial charge in [-0.05, 0) is 18.2 Å². The van der Waals surface area contributed by atoms with Crippen LogP contribution in [0.15, 0.2) is 24.5 Å². The van der Waals surface area contributed by atoms with Gasteiger partial charge in [0, 0.05) is 56.6 Å². The molecule has 3 rings (SSSR count). The molecular formula is C16H20ClN5O. The van der Waals surface area contributed by atoms with Crippen LogP contribution in [0.4, 0.5) is 5.82 Å². The highest BCUT2D eigenvalue weighted by atomic mass is 35.5. The lowest BCUT2D eigenvalue weighted by atomic mass is 10.2. The Labute approximate surface area is 140 Å². The number of halogens is 1. The van der Waals surface area contributed by atoms with Crippen LogP contribution in [0.5, 0.6) is 0 Å². The highest BCUT2D eigenvalue weighted by Gasteiger charge is 2.17. The second-order valence-electron chi connectivity index (χ2n) is 5.66. The first-order valence-electron chi connectivity index (χ1n) is 7.75. The van der Waals surface area contributed by atoms with E-state index in [4.69, 9.17) is 11.6 Å². The van der Waals surface area contributed by atoms with Crippen molar-refractivity contribution in [3.05, 3.63) is 29.5 Å². The summed E-state index contributed by atoms with van der Waals surface area (Å²) in [6.45, 7) is 6.81. The maximum Gasteiger partial charge on any atom is 0.219 e. The molecule has 1 aliphatic rings. The molecule has 2 heterocycles. The summed E-state index contributed by atoms with van der Waals surface area (Å²) in [6.07, 6.45) is 1.55. The molecular weight excluding hydrogens is 314 g/mol. The van der Waals surface area contributed by atoms with E-state index in [0.29, 0.717) is 5.02 Å². The van der Waals surface area contributed by atoms with E-state index < -0.39 is 0 Å². The molecule has 0 saturated carbocycles. The Balaban J connectivity index is 1.54. The maximum atomic E-state index is 11.3. The van der Waals surface area contributed by atoms with Crippen molar-refractivity contribution in [1.29, 1.82) is 0 Å². The third-order valence-corrected chi connectivity index (χ3v) is 4.37. The summed E-state index contributed by atoms with van der Waals surface area (Å²) in [4.78, 5) is 24.1. The zero-order valence-corrected chi connectivity index (χ0v) is 13.9. The van der Waals surface area contributed by atoms with Crippen LogP contribution in [0.2, 0.25) is 5.02 Å². The van der Waals surface area contributed by atoms with E-state index in [1.54, 1.807) is 13.3 Å². The second kappa shape index (κ2) is 7.10. The number of aromatic nitrogens is 2. The normalized spacial score (nSPS) is 15.8. The zero-order valence-electron chi connectivity index (χ0n) is 13.1. The molecule has 6 nitrogen and oxygen atoms in total. The van der Waals surface area contributed by atoms with E-state index in [9.17, 15) is 4.79 Å². The van der Waals surface area contributed by atoms with E-state index in [0.717, 1.165) is 56.0 Å². The van der Waals surface area contributed by atoms with Crippen molar-refractivity contribution in [2.45, 2.75) is 6.92 Å². The Hall–Kier alpha value is -1.92. The number of amides is 1. The van der Waals surface area contributed by atoms with Crippen LogP contribution in [0, 0.1) is 0 Å². The van der Waals surface area contributed by atoms with Crippen LogP contribution in [0.3, 0.4) is 0 Å². The number of hydrogen-bond donors (Lipinski definition) is 1. The second-order valence-corrected chi connectivity index (χ2v) is 6.09. The van der Waals surface area contributed by atoms with Gasteiger partial charge in [0.1, 0.15) is 12.1 Å². The Morgan fingerprint density at radius 3 is 2.78 bits per heavy atom. The summed E-state index contributed by atoms with van der Waals surface area (Å²) in [5.41, 5.74) is 0.838. The fourth-order valence-electron chi connectivity index (χ4n) is 2.79. The molecule has 1 aromatic carbocycles. The fourth-order valence-corrected chi connectivity index (χ4v) is 2.96. The molecule has 1 saturated heterocycles. The Morgan fingerprint density at radius 1 is 1.26 bits per heavy atom. The number of nitrogens with zero attached hydrogens (tertiary/aromatic N) is 4. The van der Waals surface area contributed by atoms with Crippen molar-refractivity contribution < 1.29 is 4.79 Å². The summed E-state index contributed by atoms with van der Waals surface area (Å²) < 4.78 is 0. The summed E-state index contributed by atoms with van der Waals surface area (Å²) in [6, 6.07) is 5.62. The molecule has 0 aliphatic carbocycles. The number of fused-ring (bicyclic) bond motifs is 1. The minimum absolute atomic E-state index is 0.161. The van der Waals surface area contributed by atoms with Gasteiger partial charge in [-0.1, -0.05) is 11.6 Å². The van der Waals surface area contributed by atoms with Crippen LogP contribution in [-0.4, -0.2) is 64.9 Å². The van der Waals surface area contributed by atoms with Gasteiger partial charge in [0.25, 0.3) is 0 Å². The number of carbonyl (C=O) groups excluding carboxylic acids is 1. The van der Waals surface area contributed by atoms with Crippen LogP contribution < -0.4 is 5.32 Å². The van der Waals surface area contributed by atoms with Crippen molar-refractivity contribution in [2.75, 3.05) is 44.6 Å². The first kappa shape index (κ1) is 16.0. The summed E-state index contributed by atoms with van der Waals surface area (Å²) in [7, 11) is 0. The van der Waals surface area contributed by atoms with Gasteiger partial charge in [-0.2, -0.15) is 0 Å². The molecule has 23 heavy (non-hydrogen) atoms. The minimum Gasteiger partial charge on any atom is -0.368 e. The molecule has 0 bridgehead atoms.